The number of benzene rings is 1. The van der Waals surface area contributed by atoms with Crippen LogP contribution in [0.2, 0.25) is 0 Å². The molecule has 0 aliphatic heterocycles. The number of nitrogens with zero attached hydrogens (tertiary/aromatic N) is 1. The smallest absolute Gasteiger partial charge is 0.251 e. The lowest BCUT2D eigenvalue weighted by Crippen LogP contribution is -2.41. The van der Waals surface area contributed by atoms with E-state index < -0.39 is 0 Å². The quantitative estimate of drug-likeness (QED) is 0.420. The Morgan fingerprint density at radius 2 is 1.70 bits per heavy atom. The zero-order valence-electron chi connectivity index (χ0n) is 11.9. The molecule has 0 unspecified atom stereocenters. The van der Waals surface area contributed by atoms with Gasteiger partial charge in [0.1, 0.15) is 0 Å². The van der Waals surface area contributed by atoms with E-state index >= 15 is 0 Å². The molecular weight excluding hydrogens is 320 g/mol. The van der Waals surface area contributed by atoms with Gasteiger partial charge in [-0.2, -0.15) is 0 Å². The molecule has 0 fully saturated rings. The Labute approximate surface area is 128 Å². The average molecular weight is 341 g/mol. The SMILES string of the molecule is CCCNC(=NC)NCCNC(=O)c1ccc(Br)cc1. The summed E-state index contributed by atoms with van der Waals surface area (Å²) in [7, 11) is 1.73. The van der Waals surface area contributed by atoms with Gasteiger partial charge in [-0.25, -0.2) is 0 Å². The Bertz CT molecular complexity index is 445. The third-order valence-electron chi connectivity index (χ3n) is 2.58. The van der Waals surface area contributed by atoms with Crippen molar-refractivity contribution in [2.24, 2.45) is 4.99 Å². The molecule has 1 amide bonds. The zero-order valence-corrected chi connectivity index (χ0v) is 13.5. The number of carbonyl (C=O) groups is 1. The van der Waals surface area contributed by atoms with E-state index in [1.807, 2.05) is 12.1 Å². The minimum atomic E-state index is -0.0733. The van der Waals surface area contributed by atoms with E-state index in [2.05, 4.69) is 43.8 Å². The zero-order chi connectivity index (χ0) is 14.8. The Morgan fingerprint density at radius 1 is 1.10 bits per heavy atom. The maximum absolute atomic E-state index is 11.8. The van der Waals surface area contributed by atoms with Crippen LogP contribution in [0.5, 0.6) is 0 Å². The van der Waals surface area contributed by atoms with Crippen LogP contribution in [0.15, 0.2) is 33.7 Å². The predicted molar refractivity (Wildman–Crippen MR) is 86.1 cm³/mol. The van der Waals surface area contributed by atoms with Gasteiger partial charge < -0.3 is 16.0 Å². The highest BCUT2D eigenvalue weighted by Crippen LogP contribution is 2.10. The number of guanidine groups is 1. The maximum Gasteiger partial charge on any atom is 0.251 e. The molecule has 6 heteroatoms. The lowest BCUT2D eigenvalue weighted by Gasteiger charge is -2.11. The van der Waals surface area contributed by atoms with Gasteiger partial charge in [0.2, 0.25) is 0 Å². The van der Waals surface area contributed by atoms with Gasteiger partial charge in [0, 0.05) is 36.7 Å². The molecular formula is C14H21BrN4O. The molecule has 0 saturated carbocycles. The number of halogens is 1. The molecule has 0 aliphatic carbocycles. The first kappa shape index (κ1) is 16.5. The summed E-state index contributed by atoms with van der Waals surface area (Å²) in [6.07, 6.45) is 1.04. The molecule has 1 aromatic rings. The first-order valence-electron chi connectivity index (χ1n) is 6.65. The highest BCUT2D eigenvalue weighted by Gasteiger charge is 2.04. The summed E-state index contributed by atoms with van der Waals surface area (Å²) in [5.41, 5.74) is 0.654. The van der Waals surface area contributed by atoms with Crippen LogP contribution in [0, 0.1) is 0 Å². The van der Waals surface area contributed by atoms with Gasteiger partial charge in [0.15, 0.2) is 5.96 Å². The van der Waals surface area contributed by atoms with Crippen molar-refractivity contribution >= 4 is 27.8 Å². The number of nitrogens with one attached hydrogen (secondary N) is 3. The van der Waals surface area contributed by atoms with Crippen LogP contribution in [0.1, 0.15) is 23.7 Å². The third-order valence-corrected chi connectivity index (χ3v) is 3.10. The maximum atomic E-state index is 11.8. The van der Waals surface area contributed by atoms with Crippen LogP contribution in [0.4, 0.5) is 0 Å². The van der Waals surface area contributed by atoms with Gasteiger partial charge in [-0.3, -0.25) is 9.79 Å². The molecule has 0 spiro atoms. The normalized spacial score (nSPS) is 11.1. The van der Waals surface area contributed by atoms with E-state index in [1.54, 1.807) is 19.2 Å². The number of carbonyl (C=O) groups excluding carboxylic acids is 1. The van der Waals surface area contributed by atoms with Crippen molar-refractivity contribution in [1.82, 2.24) is 16.0 Å². The topological polar surface area (TPSA) is 65.5 Å². The van der Waals surface area contributed by atoms with Crippen LogP contribution in [-0.2, 0) is 0 Å². The van der Waals surface area contributed by atoms with Crippen LogP contribution in [-0.4, -0.2) is 38.5 Å². The summed E-state index contributed by atoms with van der Waals surface area (Å²) in [5.74, 6) is 0.681. The molecule has 3 N–H and O–H groups in total. The molecule has 0 aliphatic rings. The number of aliphatic imine (C=N–C) groups is 1. The van der Waals surface area contributed by atoms with Crippen molar-refractivity contribution in [1.29, 1.82) is 0 Å². The van der Waals surface area contributed by atoms with Crippen molar-refractivity contribution in [2.45, 2.75) is 13.3 Å². The first-order chi connectivity index (χ1) is 9.67. The van der Waals surface area contributed by atoms with E-state index in [1.165, 1.54) is 0 Å². The lowest BCUT2D eigenvalue weighted by molar-refractivity contribution is 0.0954. The van der Waals surface area contributed by atoms with Gasteiger partial charge in [-0.15, -0.1) is 0 Å². The van der Waals surface area contributed by atoms with Gasteiger partial charge in [0.05, 0.1) is 0 Å². The lowest BCUT2D eigenvalue weighted by atomic mass is 10.2. The Balaban J connectivity index is 2.26. The van der Waals surface area contributed by atoms with E-state index in [4.69, 9.17) is 0 Å². The van der Waals surface area contributed by atoms with E-state index in [0.29, 0.717) is 18.7 Å². The minimum Gasteiger partial charge on any atom is -0.356 e. The highest BCUT2D eigenvalue weighted by molar-refractivity contribution is 9.10. The van der Waals surface area contributed by atoms with Crippen molar-refractivity contribution in [3.63, 3.8) is 0 Å². The van der Waals surface area contributed by atoms with Crippen LogP contribution < -0.4 is 16.0 Å². The predicted octanol–water partition coefficient (Wildman–Crippen LogP) is 1.75. The average Bonchev–Trinajstić information content (AvgIpc) is 2.47. The van der Waals surface area contributed by atoms with Gasteiger partial charge in [0.25, 0.3) is 5.91 Å². The van der Waals surface area contributed by atoms with Crippen molar-refractivity contribution < 1.29 is 4.79 Å². The van der Waals surface area contributed by atoms with E-state index in [0.717, 1.165) is 23.4 Å². The Kier molecular flexibility index (Phi) is 7.72. The van der Waals surface area contributed by atoms with Gasteiger partial charge >= 0.3 is 0 Å². The number of hydrogen-bond acceptors (Lipinski definition) is 2. The molecule has 20 heavy (non-hydrogen) atoms. The monoisotopic (exact) mass is 340 g/mol. The molecule has 1 rings (SSSR count). The molecule has 0 bridgehead atoms. The Morgan fingerprint density at radius 3 is 2.30 bits per heavy atom. The number of rotatable bonds is 6. The minimum absolute atomic E-state index is 0.0733. The highest BCUT2D eigenvalue weighted by atomic mass is 79.9. The van der Waals surface area contributed by atoms with E-state index in [-0.39, 0.29) is 5.91 Å². The molecule has 0 aromatic heterocycles. The summed E-state index contributed by atoms with van der Waals surface area (Å²) in [6.45, 7) is 4.15. The van der Waals surface area contributed by atoms with Crippen LogP contribution in [0.25, 0.3) is 0 Å². The van der Waals surface area contributed by atoms with Crippen LogP contribution in [0.3, 0.4) is 0 Å². The van der Waals surface area contributed by atoms with Crippen molar-refractivity contribution in [3.05, 3.63) is 34.3 Å². The van der Waals surface area contributed by atoms with Crippen molar-refractivity contribution in [3.8, 4) is 0 Å². The number of amides is 1. The standard InChI is InChI=1S/C14H21BrN4O/c1-3-8-18-14(16-2)19-10-9-17-13(20)11-4-6-12(15)7-5-11/h4-7H,3,8-10H2,1-2H3,(H,17,20)(H2,16,18,19). The molecule has 0 radical (unpaired) electrons. The summed E-state index contributed by atoms with van der Waals surface area (Å²) in [4.78, 5) is 15.9. The summed E-state index contributed by atoms with van der Waals surface area (Å²) < 4.78 is 0.960. The molecule has 0 heterocycles. The van der Waals surface area contributed by atoms with Gasteiger partial charge in [-0.05, 0) is 30.7 Å². The molecule has 0 saturated heterocycles. The van der Waals surface area contributed by atoms with Gasteiger partial charge in [-0.1, -0.05) is 22.9 Å². The fourth-order valence-electron chi connectivity index (χ4n) is 1.52. The number of hydrogen-bond donors (Lipinski definition) is 3. The second-order valence-electron chi connectivity index (χ2n) is 4.19. The summed E-state index contributed by atoms with van der Waals surface area (Å²) in [6, 6.07) is 7.27. The summed E-state index contributed by atoms with van der Waals surface area (Å²) in [5, 5.41) is 9.16. The summed E-state index contributed by atoms with van der Waals surface area (Å²) >= 11 is 3.34. The molecule has 0 atom stereocenters. The molecule has 110 valence electrons. The largest absolute Gasteiger partial charge is 0.356 e. The molecule has 1 aromatic carbocycles. The van der Waals surface area contributed by atoms with E-state index in [9.17, 15) is 4.79 Å². The fraction of sp³-hybridized carbons (Fsp3) is 0.429. The molecule has 5 nitrogen and oxygen atoms in total. The Hall–Kier alpha value is -1.56. The third kappa shape index (κ3) is 6.06. The van der Waals surface area contributed by atoms with Crippen molar-refractivity contribution in [2.75, 3.05) is 26.7 Å². The fourth-order valence-corrected chi connectivity index (χ4v) is 1.79. The first-order valence-corrected chi connectivity index (χ1v) is 7.45. The second-order valence-corrected chi connectivity index (χ2v) is 5.10. The van der Waals surface area contributed by atoms with Crippen LogP contribution >= 0.6 is 15.9 Å². The second kappa shape index (κ2) is 9.36.